The summed E-state index contributed by atoms with van der Waals surface area (Å²) in [5.74, 6) is -0.384. The maximum atomic E-state index is 13.9. The van der Waals surface area contributed by atoms with E-state index in [0.717, 1.165) is 54.8 Å². The van der Waals surface area contributed by atoms with Crippen LogP contribution in [0.2, 0.25) is 0 Å². The van der Waals surface area contributed by atoms with Gasteiger partial charge in [0.1, 0.15) is 5.82 Å². The minimum atomic E-state index is -0.233. The first kappa shape index (κ1) is 45.8. The fourth-order valence-corrected chi connectivity index (χ4v) is 7.26. The summed E-state index contributed by atoms with van der Waals surface area (Å²) < 4.78 is 13.9. The number of pyridine rings is 1. The van der Waals surface area contributed by atoms with Gasteiger partial charge in [0.05, 0.1) is 0 Å². The molecule has 8 nitrogen and oxygen atoms in total. The number of piperidine rings is 3. The summed E-state index contributed by atoms with van der Waals surface area (Å²) in [5, 5.41) is 8.06. The van der Waals surface area contributed by atoms with E-state index in [1.165, 1.54) is 22.8 Å². The third-order valence-corrected chi connectivity index (χ3v) is 11.0. The predicted molar refractivity (Wildman–Crippen MR) is 230 cm³/mol. The van der Waals surface area contributed by atoms with Crippen LogP contribution in [0.15, 0.2) is 85.3 Å². The second kappa shape index (κ2) is 19.2. The lowest BCUT2D eigenvalue weighted by Gasteiger charge is -2.25. The van der Waals surface area contributed by atoms with Crippen LogP contribution in [0.1, 0.15) is 134 Å². The largest absolute Gasteiger partial charge is 0.330 e. The first-order chi connectivity index (χ1) is 27.0. The Morgan fingerprint density at radius 2 is 1.10 bits per heavy atom. The Kier molecular flexibility index (Phi) is 15.2. The number of carbonyl (C=O) groups is 4. The van der Waals surface area contributed by atoms with E-state index in [0.29, 0.717) is 31.2 Å². The number of rotatable bonds is 6. The van der Waals surface area contributed by atoms with Crippen LogP contribution in [0.3, 0.4) is 0 Å². The highest BCUT2D eigenvalue weighted by Gasteiger charge is 2.28. The van der Waals surface area contributed by atoms with Gasteiger partial charge in [-0.3, -0.25) is 29.5 Å². The van der Waals surface area contributed by atoms with Gasteiger partial charge in [-0.25, -0.2) is 4.39 Å². The standard InChI is InChI=1S/C17H22FNO.C16H22N2O.C16H21NO2/c1-11-5-7-13(16(20)19-11)9-12-6-8-15(18)14(10-12)17(2,3)4;1-11-5-6-13(15(19)18-11)9-12-7-8-17-14(10-12)16(2,3)4;1-16(2,3)13-6-4-5-11(10-13)9-12-7-8-14(18)17-15(12)19/h6,8,10,13H,1,5,7,9H2,2-4H3,(H,19,20);7-8,10,13H,1,5-6,9H2,2-4H3,(H,18,19);4-6,10,12H,7-9H2,1-3H3,(H,17,18,19). The Morgan fingerprint density at radius 1 is 0.603 bits per heavy atom. The number of imide groups is 1. The zero-order chi connectivity index (χ0) is 43.0. The fourth-order valence-electron chi connectivity index (χ4n) is 7.26. The van der Waals surface area contributed by atoms with E-state index >= 15 is 0 Å². The van der Waals surface area contributed by atoms with Gasteiger partial charge in [-0.15, -0.1) is 0 Å². The molecule has 3 saturated heterocycles. The fraction of sp³-hybridized carbons (Fsp3) is 0.490. The summed E-state index contributed by atoms with van der Waals surface area (Å²) in [6.07, 6.45) is 8.51. The number of nitrogens with one attached hydrogen (secondary N) is 3. The Morgan fingerprint density at radius 3 is 1.59 bits per heavy atom. The van der Waals surface area contributed by atoms with Gasteiger partial charge in [-0.2, -0.15) is 0 Å². The number of carbonyl (C=O) groups excluding carboxylic acids is 4. The van der Waals surface area contributed by atoms with Crippen molar-refractivity contribution in [3.8, 4) is 0 Å². The Labute approximate surface area is 346 Å². The first-order valence-electron chi connectivity index (χ1n) is 20.6. The van der Waals surface area contributed by atoms with E-state index in [9.17, 15) is 23.6 Å². The van der Waals surface area contributed by atoms with Crippen LogP contribution in [0, 0.1) is 23.6 Å². The molecule has 3 aromatic rings. The van der Waals surface area contributed by atoms with Gasteiger partial charge in [0, 0.05) is 52.9 Å². The Hall–Kier alpha value is -4.92. The molecular formula is C49H65FN4O4. The zero-order valence-electron chi connectivity index (χ0n) is 36.2. The smallest absolute Gasteiger partial charge is 0.230 e. The SMILES string of the molecule is C=C1CCC(Cc2ccc(F)c(C(C)(C)C)c2)C(=O)N1.C=C1CCC(Cc2ccnc(C(C)(C)C)c2)C(=O)N1.CC(C)(C)c1cccc(CC2CCC(=O)NC2=O)c1. The number of hydrogen-bond acceptors (Lipinski definition) is 5. The summed E-state index contributed by atoms with van der Waals surface area (Å²) in [7, 11) is 0. The maximum Gasteiger partial charge on any atom is 0.230 e. The molecule has 3 unspecified atom stereocenters. The van der Waals surface area contributed by atoms with E-state index in [2.05, 4.69) is 99.9 Å². The molecule has 6 rings (SSSR count). The highest BCUT2D eigenvalue weighted by molar-refractivity contribution is 5.98. The van der Waals surface area contributed by atoms with Gasteiger partial charge in [0.25, 0.3) is 0 Å². The van der Waals surface area contributed by atoms with E-state index in [1.54, 1.807) is 6.07 Å². The van der Waals surface area contributed by atoms with Gasteiger partial charge in [0.2, 0.25) is 23.6 Å². The van der Waals surface area contributed by atoms with Crippen LogP contribution >= 0.6 is 0 Å². The van der Waals surface area contributed by atoms with E-state index in [1.807, 2.05) is 45.2 Å². The third-order valence-electron chi connectivity index (χ3n) is 11.0. The lowest BCUT2D eigenvalue weighted by Crippen LogP contribution is -2.41. The number of hydrogen-bond donors (Lipinski definition) is 3. The summed E-state index contributed by atoms with van der Waals surface area (Å²) >= 11 is 0. The molecule has 2 aromatic carbocycles. The topological polar surface area (TPSA) is 117 Å². The monoisotopic (exact) mass is 792 g/mol. The van der Waals surface area contributed by atoms with Gasteiger partial charge in [0.15, 0.2) is 0 Å². The van der Waals surface area contributed by atoms with E-state index in [-0.39, 0.29) is 63.4 Å². The van der Waals surface area contributed by atoms with Crippen molar-refractivity contribution in [2.45, 2.75) is 136 Å². The highest BCUT2D eigenvalue weighted by atomic mass is 19.1. The van der Waals surface area contributed by atoms with Gasteiger partial charge < -0.3 is 10.6 Å². The average Bonchev–Trinajstić information content (AvgIpc) is 3.12. The summed E-state index contributed by atoms with van der Waals surface area (Å²) in [5.41, 5.74) is 7.98. The van der Waals surface area contributed by atoms with Gasteiger partial charge in [-0.1, -0.05) is 112 Å². The minimum Gasteiger partial charge on any atom is -0.330 e. The highest BCUT2D eigenvalue weighted by Crippen LogP contribution is 2.29. The van der Waals surface area contributed by atoms with Crippen LogP contribution in [0.5, 0.6) is 0 Å². The van der Waals surface area contributed by atoms with E-state index in [4.69, 9.17) is 0 Å². The Bertz CT molecular complexity index is 1900. The molecule has 0 bridgehead atoms. The molecule has 0 spiro atoms. The molecule has 3 fully saturated rings. The van der Waals surface area contributed by atoms with Crippen LogP contribution in [0.25, 0.3) is 0 Å². The maximum absolute atomic E-state index is 13.9. The molecule has 4 heterocycles. The zero-order valence-corrected chi connectivity index (χ0v) is 36.2. The van der Waals surface area contributed by atoms with Crippen LogP contribution in [0.4, 0.5) is 4.39 Å². The number of halogens is 1. The van der Waals surface area contributed by atoms with Crippen LogP contribution in [-0.4, -0.2) is 28.6 Å². The molecular weight excluding hydrogens is 728 g/mol. The van der Waals surface area contributed by atoms with Crippen molar-refractivity contribution in [2.75, 3.05) is 0 Å². The number of amides is 4. The van der Waals surface area contributed by atoms with Crippen molar-refractivity contribution in [3.63, 3.8) is 0 Å². The summed E-state index contributed by atoms with van der Waals surface area (Å²) in [6, 6.07) is 17.7. The second-order valence-electron chi connectivity index (χ2n) is 19.2. The molecule has 9 heteroatoms. The van der Waals surface area contributed by atoms with Crippen molar-refractivity contribution in [1.29, 1.82) is 0 Å². The molecule has 3 aliphatic heterocycles. The minimum absolute atomic E-state index is 0.0304. The normalized spacial score (nSPS) is 20.1. The molecule has 1 aromatic heterocycles. The predicted octanol–water partition coefficient (Wildman–Crippen LogP) is 9.25. The molecule has 3 atom stereocenters. The molecule has 58 heavy (non-hydrogen) atoms. The first-order valence-corrected chi connectivity index (χ1v) is 20.6. The molecule has 0 radical (unpaired) electrons. The van der Waals surface area contributed by atoms with Crippen molar-refractivity contribution in [3.05, 3.63) is 125 Å². The molecule has 3 N–H and O–H groups in total. The van der Waals surface area contributed by atoms with Crippen LogP contribution < -0.4 is 16.0 Å². The van der Waals surface area contributed by atoms with Gasteiger partial charge >= 0.3 is 0 Å². The number of allylic oxidation sites excluding steroid dienone is 2. The van der Waals surface area contributed by atoms with Gasteiger partial charge in [-0.05, 0) is 108 Å². The third kappa shape index (κ3) is 13.6. The van der Waals surface area contributed by atoms with Crippen molar-refractivity contribution in [1.82, 2.24) is 20.9 Å². The lowest BCUT2D eigenvalue weighted by molar-refractivity contribution is -0.136. The quantitative estimate of drug-likeness (QED) is 0.215. The molecule has 3 aliphatic rings. The van der Waals surface area contributed by atoms with Crippen molar-refractivity contribution >= 4 is 23.6 Å². The van der Waals surface area contributed by atoms with Crippen molar-refractivity contribution in [2.24, 2.45) is 17.8 Å². The summed E-state index contributed by atoms with van der Waals surface area (Å²) in [4.78, 5) is 51.1. The lowest BCUT2D eigenvalue weighted by atomic mass is 9.83. The molecule has 0 saturated carbocycles. The van der Waals surface area contributed by atoms with Crippen molar-refractivity contribution < 1.29 is 23.6 Å². The number of benzene rings is 2. The molecule has 4 amide bonds. The molecule has 0 aliphatic carbocycles. The van der Waals surface area contributed by atoms with E-state index < -0.39 is 0 Å². The Balaban J connectivity index is 0.000000193. The molecule has 312 valence electrons. The second-order valence-corrected chi connectivity index (χ2v) is 19.2. The average molecular weight is 793 g/mol. The summed E-state index contributed by atoms with van der Waals surface area (Å²) in [6.45, 7) is 26.6. The van der Waals surface area contributed by atoms with Crippen LogP contribution in [-0.2, 0) is 54.7 Å². The number of nitrogens with zero attached hydrogens (tertiary/aromatic N) is 1. The number of aromatic nitrogens is 1.